The molecule has 32 heavy (non-hydrogen) atoms. The first kappa shape index (κ1) is 23.9. The van der Waals surface area contributed by atoms with Crippen molar-refractivity contribution < 1.29 is 22.7 Å². The van der Waals surface area contributed by atoms with Gasteiger partial charge in [0, 0.05) is 30.5 Å². The number of carbonyl (C=O) groups excluding carboxylic acids is 1. The molecule has 2 N–H and O–H groups in total. The maximum atomic E-state index is 13.0. The third-order valence-electron chi connectivity index (χ3n) is 5.32. The molecule has 1 aliphatic rings. The molecule has 2 aromatic carbocycles. The second kappa shape index (κ2) is 10.2. The molecular weight excluding hydrogens is 430 g/mol. The highest BCUT2D eigenvalue weighted by Crippen LogP contribution is 2.32. The van der Waals surface area contributed by atoms with Crippen LogP contribution in [0.25, 0.3) is 0 Å². The van der Waals surface area contributed by atoms with Gasteiger partial charge in [-0.3, -0.25) is 4.79 Å². The van der Waals surface area contributed by atoms with Crippen molar-refractivity contribution in [2.24, 2.45) is 5.92 Å². The monoisotopic (exact) mass is 461 g/mol. The number of fused-ring (bicyclic) bond motifs is 1. The van der Waals surface area contributed by atoms with Crippen LogP contribution in [0.2, 0.25) is 0 Å². The minimum atomic E-state index is -3.95. The summed E-state index contributed by atoms with van der Waals surface area (Å²) in [4.78, 5) is 15.1. The van der Waals surface area contributed by atoms with Crippen molar-refractivity contribution in [1.82, 2.24) is 4.72 Å². The number of carbonyl (C=O) groups is 1. The van der Waals surface area contributed by atoms with E-state index in [4.69, 9.17) is 9.47 Å². The first-order valence-electron chi connectivity index (χ1n) is 10.8. The highest BCUT2D eigenvalue weighted by atomic mass is 32.2. The van der Waals surface area contributed by atoms with Crippen molar-refractivity contribution in [2.75, 3.05) is 36.5 Å². The van der Waals surface area contributed by atoms with Gasteiger partial charge < -0.3 is 19.7 Å². The molecule has 0 spiro atoms. The summed E-state index contributed by atoms with van der Waals surface area (Å²) in [5, 5.41) is 2.82. The summed E-state index contributed by atoms with van der Waals surface area (Å²) in [6, 6.07) is 11.0. The SMILES string of the molecule is CCN(CC)c1ccc(NC(=O)[C@H](NS(=O)(=O)c2ccc3c(c2)OCCO3)C(C)C)cc1. The standard InChI is InChI=1S/C23H31N3O5S/c1-5-26(6-2)18-9-7-17(8-10-18)24-23(27)22(16(3)4)25-32(28,29)19-11-12-20-21(15-19)31-14-13-30-20/h7-12,15-16,22,25H,5-6,13-14H2,1-4H3,(H,24,27)/t22-/m1/s1. The Balaban J connectivity index is 1.74. The van der Waals surface area contributed by atoms with Gasteiger partial charge in [0.2, 0.25) is 15.9 Å². The lowest BCUT2D eigenvalue weighted by Crippen LogP contribution is -2.47. The number of anilines is 2. The van der Waals surface area contributed by atoms with Crippen molar-refractivity contribution >= 4 is 27.3 Å². The van der Waals surface area contributed by atoms with Gasteiger partial charge in [-0.25, -0.2) is 8.42 Å². The number of ether oxygens (including phenoxy) is 2. The average molecular weight is 462 g/mol. The predicted molar refractivity (Wildman–Crippen MR) is 125 cm³/mol. The van der Waals surface area contributed by atoms with Crippen LogP contribution >= 0.6 is 0 Å². The Hall–Kier alpha value is -2.78. The molecule has 0 saturated heterocycles. The van der Waals surface area contributed by atoms with E-state index >= 15 is 0 Å². The summed E-state index contributed by atoms with van der Waals surface area (Å²) in [7, 11) is -3.95. The number of benzene rings is 2. The molecule has 0 fully saturated rings. The van der Waals surface area contributed by atoms with E-state index in [2.05, 4.69) is 28.8 Å². The molecule has 0 aromatic heterocycles. The summed E-state index contributed by atoms with van der Waals surface area (Å²) in [6.45, 7) is 10.3. The largest absolute Gasteiger partial charge is 0.486 e. The van der Waals surface area contributed by atoms with Gasteiger partial charge in [-0.2, -0.15) is 4.72 Å². The summed E-state index contributed by atoms with van der Waals surface area (Å²) < 4.78 is 39.4. The van der Waals surface area contributed by atoms with Gasteiger partial charge in [-0.05, 0) is 56.2 Å². The van der Waals surface area contributed by atoms with Crippen LogP contribution in [0.1, 0.15) is 27.7 Å². The molecule has 0 unspecified atom stereocenters. The third-order valence-corrected chi connectivity index (χ3v) is 6.76. The van der Waals surface area contributed by atoms with Gasteiger partial charge in [0.25, 0.3) is 0 Å². The zero-order valence-electron chi connectivity index (χ0n) is 18.9. The zero-order valence-corrected chi connectivity index (χ0v) is 19.7. The molecule has 2 aromatic rings. The fourth-order valence-corrected chi connectivity index (χ4v) is 4.84. The molecule has 8 nitrogen and oxygen atoms in total. The van der Waals surface area contributed by atoms with Crippen LogP contribution in [0.5, 0.6) is 11.5 Å². The van der Waals surface area contributed by atoms with E-state index in [1.54, 1.807) is 19.9 Å². The van der Waals surface area contributed by atoms with E-state index in [0.717, 1.165) is 18.8 Å². The van der Waals surface area contributed by atoms with Crippen LogP contribution in [0.3, 0.4) is 0 Å². The van der Waals surface area contributed by atoms with Crippen molar-refractivity contribution in [3.63, 3.8) is 0 Å². The fraction of sp³-hybridized carbons (Fsp3) is 0.435. The normalized spacial score (nSPS) is 14.2. The number of nitrogens with zero attached hydrogens (tertiary/aromatic N) is 1. The van der Waals surface area contributed by atoms with E-state index in [-0.39, 0.29) is 10.8 Å². The molecule has 0 bridgehead atoms. The first-order valence-corrected chi connectivity index (χ1v) is 12.3. The van der Waals surface area contributed by atoms with Crippen LogP contribution in [-0.4, -0.2) is 46.7 Å². The third kappa shape index (κ3) is 5.52. The summed E-state index contributed by atoms with van der Waals surface area (Å²) in [5.74, 6) is 0.188. The molecule has 0 radical (unpaired) electrons. The van der Waals surface area contributed by atoms with Crippen molar-refractivity contribution in [3.05, 3.63) is 42.5 Å². The summed E-state index contributed by atoms with van der Waals surface area (Å²) in [5.41, 5.74) is 1.67. The summed E-state index contributed by atoms with van der Waals surface area (Å²) >= 11 is 0. The zero-order chi connectivity index (χ0) is 23.3. The number of amides is 1. The molecule has 1 atom stereocenters. The molecule has 0 saturated carbocycles. The lowest BCUT2D eigenvalue weighted by Gasteiger charge is -2.23. The highest BCUT2D eigenvalue weighted by molar-refractivity contribution is 7.89. The molecule has 1 aliphatic heterocycles. The number of sulfonamides is 1. The number of rotatable bonds is 9. The van der Waals surface area contributed by atoms with Crippen LogP contribution in [0.4, 0.5) is 11.4 Å². The van der Waals surface area contributed by atoms with Gasteiger partial charge in [-0.1, -0.05) is 13.8 Å². The van der Waals surface area contributed by atoms with Crippen molar-refractivity contribution in [3.8, 4) is 11.5 Å². The number of hydrogen-bond donors (Lipinski definition) is 2. The molecule has 1 heterocycles. The van der Waals surface area contributed by atoms with Crippen molar-refractivity contribution in [2.45, 2.75) is 38.6 Å². The minimum Gasteiger partial charge on any atom is -0.486 e. The maximum Gasteiger partial charge on any atom is 0.242 e. The predicted octanol–water partition coefficient (Wildman–Crippen LogP) is 3.25. The van der Waals surface area contributed by atoms with Crippen LogP contribution in [0.15, 0.2) is 47.4 Å². The lowest BCUT2D eigenvalue weighted by atomic mass is 10.0. The topological polar surface area (TPSA) is 97.0 Å². The van der Waals surface area contributed by atoms with E-state index < -0.39 is 22.0 Å². The number of nitrogens with one attached hydrogen (secondary N) is 2. The number of hydrogen-bond acceptors (Lipinski definition) is 6. The van der Waals surface area contributed by atoms with Gasteiger partial charge in [-0.15, -0.1) is 0 Å². The quantitative estimate of drug-likeness (QED) is 0.595. The van der Waals surface area contributed by atoms with Crippen LogP contribution < -0.4 is 24.4 Å². The Morgan fingerprint density at radius 2 is 1.62 bits per heavy atom. The van der Waals surface area contributed by atoms with Gasteiger partial charge in [0.05, 0.1) is 4.90 Å². The molecule has 0 aliphatic carbocycles. The molecule has 3 rings (SSSR count). The highest BCUT2D eigenvalue weighted by Gasteiger charge is 2.29. The Kier molecular flexibility index (Phi) is 7.63. The van der Waals surface area contributed by atoms with Crippen molar-refractivity contribution in [1.29, 1.82) is 0 Å². The Bertz CT molecular complexity index is 1030. The second-order valence-electron chi connectivity index (χ2n) is 7.86. The second-order valence-corrected chi connectivity index (χ2v) is 9.57. The summed E-state index contributed by atoms with van der Waals surface area (Å²) in [6.07, 6.45) is 0. The lowest BCUT2D eigenvalue weighted by molar-refractivity contribution is -0.118. The van der Waals surface area contributed by atoms with E-state index in [1.165, 1.54) is 12.1 Å². The Morgan fingerprint density at radius 3 is 2.22 bits per heavy atom. The van der Waals surface area contributed by atoms with E-state index in [9.17, 15) is 13.2 Å². The Labute approximate surface area is 190 Å². The average Bonchev–Trinajstić information content (AvgIpc) is 2.79. The molecule has 174 valence electrons. The Morgan fingerprint density at radius 1 is 1.00 bits per heavy atom. The van der Waals surface area contributed by atoms with Gasteiger partial charge >= 0.3 is 0 Å². The maximum absolute atomic E-state index is 13.0. The molecule has 9 heteroatoms. The van der Waals surface area contributed by atoms with E-state index in [0.29, 0.717) is 30.4 Å². The fourth-order valence-electron chi connectivity index (χ4n) is 3.48. The van der Waals surface area contributed by atoms with Crippen LogP contribution in [0, 0.1) is 5.92 Å². The smallest absolute Gasteiger partial charge is 0.242 e. The van der Waals surface area contributed by atoms with Gasteiger partial charge in [0.1, 0.15) is 19.3 Å². The molecule has 1 amide bonds. The first-order chi connectivity index (χ1) is 15.2. The van der Waals surface area contributed by atoms with Gasteiger partial charge in [0.15, 0.2) is 11.5 Å². The van der Waals surface area contributed by atoms with Crippen LogP contribution in [-0.2, 0) is 14.8 Å². The van der Waals surface area contributed by atoms with E-state index in [1.807, 2.05) is 24.3 Å². The molecular formula is C23H31N3O5S. The minimum absolute atomic E-state index is 0.0174.